The molecule has 1 heterocycles. The molecule has 0 spiro atoms. The van der Waals surface area contributed by atoms with Crippen LogP contribution in [0.1, 0.15) is 45.4 Å². The SMILES string of the molecule is CC1(C(=O)NC2CCC(C(=O)O)CC2)CCCS1. The number of thioether (sulfide) groups is 1. The predicted molar refractivity (Wildman–Crippen MR) is 71.6 cm³/mol. The zero-order valence-electron chi connectivity index (χ0n) is 10.8. The van der Waals surface area contributed by atoms with Crippen molar-refractivity contribution in [2.24, 2.45) is 5.92 Å². The highest BCUT2D eigenvalue weighted by Gasteiger charge is 2.38. The third-order valence-corrected chi connectivity index (χ3v) is 5.63. The fourth-order valence-corrected chi connectivity index (χ4v) is 4.00. The van der Waals surface area contributed by atoms with Crippen LogP contribution in [0, 0.1) is 5.92 Å². The molecule has 5 heteroatoms. The summed E-state index contributed by atoms with van der Waals surface area (Å²) in [7, 11) is 0. The molecule has 102 valence electrons. The molecule has 1 unspecified atom stereocenters. The quantitative estimate of drug-likeness (QED) is 0.824. The molecule has 0 bridgehead atoms. The van der Waals surface area contributed by atoms with Crippen LogP contribution in [0.4, 0.5) is 0 Å². The van der Waals surface area contributed by atoms with E-state index < -0.39 is 5.97 Å². The van der Waals surface area contributed by atoms with Gasteiger partial charge in [0.15, 0.2) is 0 Å². The Morgan fingerprint density at radius 3 is 2.44 bits per heavy atom. The van der Waals surface area contributed by atoms with Gasteiger partial charge in [-0.2, -0.15) is 0 Å². The maximum atomic E-state index is 12.2. The largest absolute Gasteiger partial charge is 0.481 e. The number of carboxylic acids is 1. The van der Waals surface area contributed by atoms with Crippen LogP contribution < -0.4 is 5.32 Å². The van der Waals surface area contributed by atoms with E-state index in [-0.39, 0.29) is 22.6 Å². The summed E-state index contributed by atoms with van der Waals surface area (Å²) in [4.78, 5) is 23.1. The molecule has 1 aliphatic carbocycles. The van der Waals surface area contributed by atoms with Crippen molar-refractivity contribution in [3.8, 4) is 0 Å². The maximum absolute atomic E-state index is 12.2. The molecule has 0 radical (unpaired) electrons. The van der Waals surface area contributed by atoms with Crippen LogP contribution in [0.25, 0.3) is 0 Å². The summed E-state index contributed by atoms with van der Waals surface area (Å²) in [5.41, 5.74) is 0. The van der Waals surface area contributed by atoms with Gasteiger partial charge >= 0.3 is 5.97 Å². The molecular formula is C13H21NO3S. The van der Waals surface area contributed by atoms with Crippen LogP contribution in [0.2, 0.25) is 0 Å². The molecule has 18 heavy (non-hydrogen) atoms. The average Bonchev–Trinajstić information content (AvgIpc) is 2.78. The summed E-state index contributed by atoms with van der Waals surface area (Å²) in [6.07, 6.45) is 5.02. The first kappa shape index (κ1) is 13.7. The second kappa shape index (κ2) is 5.51. The minimum Gasteiger partial charge on any atom is -0.481 e. The molecule has 1 saturated carbocycles. The monoisotopic (exact) mass is 271 g/mol. The number of carbonyl (C=O) groups excluding carboxylic acids is 1. The van der Waals surface area contributed by atoms with Gasteiger partial charge in [-0.1, -0.05) is 0 Å². The topological polar surface area (TPSA) is 66.4 Å². The Morgan fingerprint density at radius 2 is 1.94 bits per heavy atom. The van der Waals surface area contributed by atoms with E-state index in [1.807, 2.05) is 6.92 Å². The molecule has 2 rings (SSSR count). The Morgan fingerprint density at radius 1 is 1.28 bits per heavy atom. The van der Waals surface area contributed by atoms with E-state index in [0.717, 1.165) is 31.4 Å². The van der Waals surface area contributed by atoms with Crippen molar-refractivity contribution < 1.29 is 14.7 Å². The first-order chi connectivity index (χ1) is 8.51. The van der Waals surface area contributed by atoms with E-state index in [4.69, 9.17) is 5.11 Å². The van der Waals surface area contributed by atoms with Crippen LogP contribution in [0.15, 0.2) is 0 Å². The molecule has 0 aromatic rings. The van der Waals surface area contributed by atoms with Crippen LogP contribution in [0.5, 0.6) is 0 Å². The molecule has 0 aromatic heterocycles. The minimum absolute atomic E-state index is 0.142. The van der Waals surface area contributed by atoms with E-state index in [1.54, 1.807) is 11.8 Å². The molecule has 1 amide bonds. The zero-order chi connectivity index (χ0) is 13.2. The van der Waals surface area contributed by atoms with Gasteiger partial charge in [0.25, 0.3) is 0 Å². The first-order valence-electron chi connectivity index (χ1n) is 6.69. The Balaban J connectivity index is 1.81. The summed E-state index contributed by atoms with van der Waals surface area (Å²) < 4.78 is -0.260. The summed E-state index contributed by atoms with van der Waals surface area (Å²) in [6, 6.07) is 0.172. The number of carboxylic acid groups (broad SMARTS) is 1. The van der Waals surface area contributed by atoms with Crippen molar-refractivity contribution in [3.63, 3.8) is 0 Å². The smallest absolute Gasteiger partial charge is 0.306 e. The van der Waals surface area contributed by atoms with Gasteiger partial charge in [0.05, 0.1) is 10.7 Å². The van der Waals surface area contributed by atoms with E-state index >= 15 is 0 Å². The number of hydrogen-bond acceptors (Lipinski definition) is 3. The number of rotatable bonds is 3. The third-order valence-electron chi connectivity index (χ3n) is 4.11. The second-order valence-corrected chi connectivity index (χ2v) is 7.14. The van der Waals surface area contributed by atoms with Crippen molar-refractivity contribution in [3.05, 3.63) is 0 Å². The van der Waals surface area contributed by atoms with Gasteiger partial charge in [0.2, 0.25) is 5.91 Å². The minimum atomic E-state index is -0.696. The lowest BCUT2D eigenvalue weighted by Crippen LogP contribution is -2.47. The van der Waals surface area contributed by atoms with Crippen molar-refractivity contribution >= 4 is 23.6 Å². The second-order valence-electron chi connectivity index (χ2n) is 5.54. The number of carbonyl (C=O) groups is 2. The van der Waals surface area contributed by atoms with Gasteiger partial charge in [0, 0.05) is 6.04 Å². The third kappa shape index (κ3) is 2.99. The molecule has 2 aliphatic rings. The molecule has 2 fully saturated rings. The highest BCUT2D eigenvalue weighted by atomic mass is 32.2. The number of amides is 1. The number of hydrogen-bond donors (Lipinski definition) is 2. The summed E-state index contributed by atoms with van der Waals surface area (Å²) in [5, 5.41) is 12.0. The highest BCUT2D eigenvalue weighted by molar-refractivity contribution is 8.01. The predicted octanol–water partition coefficient (Wildman–Crippen LogP) is 2.03. The molecular weight excluding hydrogens is 250 g/mol. The number of aliphatic carboxylic acids is 1. The molecule has 1 aliphatic heterocycles. The Bertz CT molecular complexity index is 331. The van der Waals surface area contributed by atoms with Crippen molar-refractivity contribution in [2.75, 3.05) is 5.75 Å². The first-order valence-corrected chi connectivity index (χ1v) is 7.67. The van der Waals surface area contributed by atoms with Gasteiger partial charge in [-0.05, 0) is 51.2 Å². The standard InChI is InChI=1S/C13H21NO3S/c1-13(7-2-8-18-13)12(17)14-10-5-3-9(4-6-10)11(15)16/h9-10H,2-8H2,1H3,(H,14,17)(H,15,16). The van der Waals surface area contributed by atoms with E-state index in [9.17, 15) is 9.59 Å². The Labute approximate surface area is 112 Å². The fourth-order valence-electron chi connectivity index (χ4n) is 2.78. The molecule has 1 saturated heterocycles. The van der Waals surface area contributed by atoms with Crippen LogP contribution in [-0.2, 0) is 9.59 Å². The summed E-state index contributed by atoms with van der Waals surface area (Å²) in [6.45, 7) is 2.02. The van der Waals surface area contributed by atoms with Crippen LogP contribution in [0.3, 0.4) is 0 Å². The fraction of sp³-hybridized carbons (Fsp3) is 0.846. The van der Waals surface area contributed by atoms with Crippen molar-refractivity contribution in [1.82, 2.24) is 5.32 Å². The average molecular weight is 271 g/mol. The lowest BCUT2D eigenvalue weighted by Gasteiger charge is -2.30. The normalized spacial score (nSPS) is 36.3. The van der Waals surface area contributed by atoms with Crippen molar-refractivity contribution in [2.45, 2.75) is 56.2 Å². The van der Waals surface area contributed by atoms with Gasteiger partial charge in [0.1, 0.15) is 0 Å². The molecule has 0 aromatic carbocycles. The summed E-state index contributed by atoms with van der Waals surface area (Å²) in [5.74, 6) is 0.298. The van der Waals surface area contributed by atoms with Crippen LogP contribution >= 0.6 is 11.8 Å². The van der Waals surface area contributed by atoms with E-state index in [1.165, 1.54) is 0 Å². The Hall–Kier alpha value is -0.710. The van der Waals surface area contributed by atoms with Gasteiger partial charge in [-0.3, -0.25) is 9.59 Å². The highest BCUT2D eigenvalue weighted by Crippen LogP contribution is 2.38. The van der Waals surface area contributed by atoms with E-state index in [0.29, 0.717) is 12.8 Å². The van der Waals surface area contributed by atoms with Crippen LogP contribution in [-0.4, -0.2) is 33.5 Å². The summed E-state index contributed by atoms with van der Waals surface area (Å²) >= 11 is 1.74. The maximum Gasteiger partial charge on any atom is 0.306 e. The number of nitrogens with one attached hydrogen (secondary N) is 1. The molecule has 4 nitrogen and oxygen atoms in total. The van der Waals surface area contributed by atoms with Gasteiger partial charge in [-0.15, -0.1) is 11.8 Å². The van der Waals surface area contributed by atoms with Gasteiger partial charge < -0.3 is 10.4 Å². The molecule has 2 N–H and O–H groups in total. The van der Waals surface area contributed by atoms with Gasteiger partial charge in [-0.25, -0.2) is 0 Å². The van der Waals surface area contributed by atoms with Crippen molar-refractivity contribution in [1.29, 1.82) is 0 Å². The lowest BCUT2D eigenvalue weighted by molar-refractivity contribution is -0.142. The zero-order valence-corrected chi connectivity index (χ0v) is 11.6. The lowest BCUT2D eigenvalue weighted by atomic mass is 9.86. The Kier molecular flexibility index (Phi) is 4.20. The molecule has 1 atom stereocenters. The van der Waals surface area contributed by atoms with E-state index in [2.05, 4.69) is 5.32 Å².